The minimum atomic E-state index is -4.51. The highest BCUT2D eigenvalue weighted by Crippen LogP contribution is 2.44. The summed E-state index contributed by atoms with van der Waals surface area (Å²) < 4.78 is 51.7. The number of nitrogens with one attached hydrogen (secondary N) is 1. The van der Waals surface area contributed by atoms with Crippen LogP contribution in [0.15, 0.2) is 18.2 Å². The second-order valence-electron chi connectivity index (χ2n) is 5.88. The van der Waals surface area contributed by atoms with Gasteiger partial charge in [0.1, 0.15) is 5.82 Å². The summed E-state index contributed by atoms with van der Waals surface area (Å²) in [4.78, 5) is 0. The zero-order valence-corrected chi connectivity index (χ0v) is 11.0. The lowest BCUT2D eigenvalue weighted by Crippen LogP contribution is -2.33. The summed E-state index contributed by atoms with van der Waals surface area (Å²) in [5.74, 6) is 0.400. The average molecular weight is 287 g/mol. The SMILES string of the molecule is Fc1ccc(CNC(C2CC2)C2CC2)c(C(F)(F)F)c1. The lowest BCUT2D eigenvalue weighted by molar-refractivity contribution is -0.138. The summed E-state index contributed by atoms with van der Waals surface area (Å²) in [5.41, 5.74) is -0.736. The van der Waals surface area contributed by atoms with Crippen LogP contribution < -0.4 is 5.32 Å². The number of halogens is 4. The van der Waals surface area contributed by atoms with E-state index >= 15 is 0 Å². The van der Waals surface area contributed by atoms with Gasteiger partial charge in [0.05, 0.1) is 5.56 Å². The number of hydrogen-bond donors (Lipinski definition) is 1. The molecule has 0 aromatic heterocycles. The summed E-state index contributed by atoms with van der Waals surface area (Å²) in [6.07, 6.45) is 0.175. The third-order valence-corrected chi connectivity index (χ3v) is 4.17. The Bertz CT molecular complexity index is 477. The predicted octanol–water partition coefficient (Wildman–Crippen LogP) is 4.12. The Morgan fingerprint density at radius 1 is 1.10 bits per heavy atom. The van der Waals surface area contributed by atoms with Gasteiger partial charge < -0.3 is 5.32 Å². The van der Waals surface area contributed by atoms with Crippen LogP contribution in [0.4, 0.5) is 17.6 Å². The van der Waals surface area contributed by atoms with Crippen molar-refractivity contribution in [3.05, 3.63) is 35.1 Å². The summed E-state index contributed by atoms with van der Waals surface area (Å²) in [6, 6.07) is 3.25. The van der Waals surface area contributed by atoms with Crippen LogP contribution in [0.3, 0.4) is 0 Å². The molecule has 1 aromatic rings. The highest BCUT2D eigenvalue weighted by molar-refractivity contribution is 5.30. The van der Waals surface area contributed by atoms with Crippen LogP contribution in [0.2, 0.25) is 0 Å². The molecule has 0 spiro atoms. The molecule has 2 fully saturated rings. The minimum absolute atomic E-state index is 0.130. The van der Waals surface area contributed by atoms with E-state index in [2.05, 4.69) is 5.32 Å². The van der Waals surface area contributed by atoms with E-state index in [0.717, 1.165) is 6.07 Å². The van der Waals surface area contributed by atoms with Crippen LogP contribution in [0.1, 0.15) is 36.8 Å². The number of alkyl halides is 3. The molecule has 0 radical (unpaired) electrons. The molecule has 5 heteroatoms. The molecule has 0 unspecified atom stereocenters. The summed E-state index contributed by atoms with van der Waals surface area (Å²) >= 11 is 0. The second kappa shape index (κ2) is 5.02. The number of rotatable bonds is 5. The lowest BCUT2D eigenvalue weighted by Gasteiger charge is -2.20. The standard InChI is InChI=1S/C15H17F4N/c16-12-6-5-11(13(7-12)15(17,18)19)8-20-14(9-1-2-9)10-3-4-10/h5-7,9-10,14,20H,1-4,8H2. The van der Waals surface area contributed by atoms with Gasteiger partial charge in [-0.3, -0.25) is 0 Å². The Hall–Kier alpha value is -1.10. The molecule has 2 saturated carbocycles. The molecule has 0 saturated heterocycles. The number of hydrogen-bond acceptors (Lipinski definition) is 1. The first-order chi connectivity index (χ1) is 9.45. The van der Waals surface area contributed by atoms with Crippen LogP contribution in [0.5, 0.6) is 0 Å². The second-order valence-corrected chi connectivity index (χ2v) is 5.88. The molecule has 0 heterocycles. The van der Waals surface area contributed by atoms with Crippen molar-refractivity contribution in [1.29, 1.82) is 0 Å². The molecular weight excluding hydrogens is 270 g/mol. The summed E-state index contributed by atoms with van der Waals surface area (Å²) in [7, 11) is 0. The van der Waals surface area contributed by atoms with Crippen molar-refractivity contribution in [2.24, 2.45) is 11.8 Å². The Labute approximate surface area is 115 Å². The van der Waals surface area contributed by atoms with Crippen LogP contribution in [-0.2, 0) is 12.7 Å². The summed E-state index contributed by atoms with van der Waals surface area (Å²) in [6.45, 7) is 0.160. The van der Waals surface area contributed by atoms with Crippen molar-refractivity contribution in [2.75, 3.05) is 0 Å². The molecule has 0 bridgehead atoms. The topological polar surface area (TPSA) is 12.0 Å². The third kappa shape index (κ3) is 3.14. The maximum absolute atomic E-state index is 13.0. The van der Waals surface area contributed by atoms with Gasteiger partial charge in [0.2, 0.25) is 0 Å². The van der Waals surface area contributed by atoms with Crippen molar-refractivity contribution in [2.45, 2.75) is 44.4 Å². The van der Waals surface area contributed by atoms with Crippen LogP contribution in [0, 0.1) is 17.7 Å². The molecule has 0 amide bonds. The van der Waals surface area contributed by atoms with Gasteiger partial charge in [-0.1, -0.05) is 6.07 Å². The van der Waals surface area contributed by atoms with E-state index in [0.29, 0.717) is 23.9 Å². The highest BCUT2D eigenvalue weighted by Gasteiger charge is 2.41. The van der Waals surface area contributed by atoms with E-state index in [9.17, 15) is 17.6 Å². The maximum Gasteiger partial charge on any atom is 0.416 e. The zero-order chi connectivity index (χ0) is 14.3. The van der Waals surface area contributed by atoms with Crippen molar-refractivity contribution >= 4 is 0 Å². The van der Waals surface area contributed by atoms with Crippen molar-refractivity contribution in [3.8, 4) is 0 Å². The third-order valence-electron chi connectivity index (χ3n) is 4.17. The normalized spacial score (nSPS) is 19.6. The van der Waals surface area contributed by atoms with E-state index in [1.165, 1.54) is 31.7 Å². The summed E-state index contributed by atoms with van der Waals surface area (Å²) in [5, 5.41) is 3.27. The molecule has 0 aliphatic heterocycles. The van der Waals surface area contributed by atoms with E-state index < -0.39 is 17.6 Å². The number of benzene rings is 1. The van der Waals surface area contributed by atoms with Crippen molar-refractivity contribution < 1.29 is 17.6 Å². The Kier molecular flexibility index (Phi) is 3.48. The van der Waals surface area contributed by atoms with Gasteiger partial charge in [0.25, 0.3) is 0 Å². The van der Waals surface area contributed by atoms with Gasteiger partial charge in [-0.05, 0) is 55.2 Å². The highest BCUT2D eigenvalue weighted by atomic mass is 19.4. The van der Waals surface area contributed by atoms with Gasteiger partial charge in [0.15, 0.2) is 0 Å². The molecule has 1 nitrogen and oxygen atoms in total. The molecule has 20 heavy (non-hydrogen) atoms. The van der Waals surface area contributed by atoms with Gasteiger partial charge >= 0.3 is 6.18 Å². The predicted molar refractivity (Wildman–Crippen MR) is 67.5 cm³/mol. The minimum Gasteiger partial charge on any atom is -0.309 e. The van der Waals surface area contributed by atoms with Crippen molar-refractivity contribution in [3.63, 3.8) is 0 Å². The first-order valence-corrected chi connectivity index (χ1v) is 7.04. The Morgan fingerprint density at radius 2 is 1.70 bits per heavy atom. The van der Waals surface area contributed by atoms with Gasteiger partial charge in [-0.2, -0.15) is 13.2 Å². The van der Waals surface area contributed by atoms with Gasteiger partial charge in [-0.25, -0.2) is 4.39 Å². The van der Waals surface area contributed by atoms with Crippen LogP contribution in [-0.4, -0.2) is 6.04 Å². The van der Waals surface area contributed by atoms with E-state index in [1.807, 2.05) is 0 Å². The fraction of sp³-hybridized carbons (Fsp3) is 0.600. The first kappa shape index (κ1) is 13.9. The van der Waals surface area contributed by atoms with Crippen molar-refractivity contribution in [1.82, 2.24) is 5.32 Å². The Balaban J connectivity index is 1.73. The van der Waals surface area contributed by atoms with Crippen LogP contribution >= 0.6 is 0 Å². The molecule has 0 atom stereocenters. The maximum atomic E-state index is 13.0. The lowest BCUT2D eigenvalue weighted by atomic mass is 10.0. The Morgan fingerprint density at radius 3 is 2.20 bits per heavy atom. The van der Waals surface area contributed by atoms with E-state index in [-0.39, 0.29) is 12.1 Å². The van der Waals surface area contributed by atoms with E-state index in [1.54, 1.807) is 0 Å². The average Bonchev–Trinajstić information content (AvgIpc) is 3.24. The molecule has 1 aromatic carbocycles. The van der Waals surface area contributed by atoms with E-state index in [4.69, 9.17) is 0 Å². The molecule has 3 rings (SSSR count). The monoisotopic (exact) mass is 287 g/mol. The molecule has 1 N–H and O–H groups in total. The quantitative estimate of drug-likeness (QED) is 0.803. The fourth-order valence-corrected chi connectivity index (χ4v) is 2.82. The largest absolute Gasteiger partial charge is 0.416 e. The molecule has 110 valence electrons. The molecular formula is C15H17F4N. The smallest absolute Gasteiger partial charge is 0.309 e. The first-order valence-electron chi connectivity index (χ1n) is 7.04. The molecule has 2 aliphatic rings. The van der Waals surface area contributed by atoms with Gasteiger partial charge in [-0.15, -0.1) is 0 Å². The fourth-order valence-electron chi connectivity index (χ4n) is 2.82. The van der Waals surface area contributed by atoms with Crippen LogP contribution in [0.25, 0.3) is 0 Å². The zero-order valence-electron chi connectivity index (χ0n) is 11.0. The van der Waals surface area contributed by atoms with Gasteiger partial charge in [0, 0.05) is 12.6 Å². The molecule has 2 aliphatic carbocycles.